The Labute approximate surface area is 191 Å². The number of nitrogens with zero attached hydrogens (tertiary/aromatic N) is 2. The summed E-state index contributed by atoms with van der Waals surface area (Å²) in [4.78, 5) is 30.2. The molecule has 6 nitrogen and oxygen atoms in total. The Morgan fingerprint density at radius 1 is 1.03 bits per heavy atom. The molecule has 2 aromatic carbocycles. The lowest BCUT2D eigenvalue weighted by atomic mass is 9.92. The van der Waals surface area contributed by atoms with Crippen molar-refractivity contribution in [1.82, 2.24) is 15.1 Å². The van der Waals surface area contributed by atoms with Crippen molar-refractivity contribution in [3.63, 3.8) is 0 Å². The highest BCUT2D eigenvalue weighted by atomic mass is 16.6. The van der Waals surface area contributed by atoms with E-state index in [9.17, 15) is 9.59 Å². The van der Waals surface area contributed by atoms with Crippen LogP contribution < -0.4 is 5.32 Å². The predicted molar refractivity (Wildman–Crippen MR) is 126 cm³/mol. The Kier molecular flexibility index (Phi) is 8.28. The smallest absolute Gasteiger partial charge is 0.411 e. The van der Waals surface area contributed by atoms with Gasteiger partial charge in [0.25, 0.3) is 0 Å². The van der Waals surface area contributed by atoms with E-state index >= 15 is 0 Å². The van der Waals surface area contributed by atoms with Gasteiger partial charge in [0.05, 0.1) is 0 Å². The van der Waals surface area contributed by atoms with Crippen LogP contribution in [0.1, 0.15) is 50.4 Å². The van der Waals surface area contributed by atoms with E-state index in [1.165, 1.54) is 0 Å². The van der Waals surface area contributed by atoms with Crippen molar-refractivity contribution in [3.8, 4) is 0 Å². The number of amides is 2. The number of benzene rings is 2. The van der Waals surface area contributed by atoms with Gasteiger partial charge in [-0.1, -0.05) is 54.6 Å². The van der Waals surface area contributed by atoms with Crippen LogP contribution in [-0.4, -0.2) is 53.5 Å². The molecule has 1 N–H and O–H groups in total. The topological polar surface area (TPSA) is 61.9 Å². The predicted octanol–water partition coefficient (Wildman–Crippen LogP) is 4.16. The molecule has 0 fully saturated rings. The van der Waals surface area contributed by atoms with Crippen LogP contribution in [0.2, 0.25) is 0 Å². The monoisotopic (exact) mass is 437 g/mol. The van der Waals surface area contributed by atoms with E-state index in [4.69, 9.17) is 4.74 Å². The van der Waals surface area contributed by atoms with E-state index in [0.29, 0.717) is 31.6 Å². The first-order chi connectivity index (χ1) is 15.4. The molecule has 6 heteroatoms. The van der Waals surface area contributed by atoms with Crippen LogP contribution in [0, 0.1) is 0 Å². The lowest BCUT2D eigenvalue weighted by Crippen LogP contribution is -2.49. The highest BCUT2D eigenvalue weighted by Gasteiger charge is 2.36. The van der Waals surface area contributed by atoms with Gasteiger partial charge in [-0.2, -0.15) is 0 Å². The first-order valence-electron chi connectivity index (χ1n) is 11.5. The van der Waals surface area contributed by atoms with Gasteiger partial charge in [0.2, 0.25) is 5.91 Å². The number of hydrogen-bond donors (Lipinski definition) is 1. The molecule has 0 spiro atoms. The van der Waals surface area contributed by atoms with E-state index in [-0.39, 0.29) is 12.5 Å². The van der Waals surface area contributed by atoms with Crippen molar-refractivity contribution in [1.29, 1.82) is 0 Å². The maximum atomic E-state index is 13.3. The third-order valence-electron chi connectivity index (χ3n) is 5.97. The zero-order valence-electron chi connectivity index (χ0n) is 19.6. The van der Waals surface area contributed by atoms with E-state index in [1.807, 2.05) is 54.6 Å². The summed E-state index contributed by atoms with van der Waals surface area (Å²) in [6.07, 6.45) is 0.240. The summed E-state index contributed by atoms with van der Waals surface area (Å²) in [6, 6.07) is 17.5. The van der Waals surface area contributed by atoms with Crippen molar-refractivity contribution >= 4 is 12.0 Å². The van der Waals surface area contributed by atoms with Gasteiger partial charge in [0.1, 0.15) is 12.6 Å². The van der Waals surface area contributed by atoms with E-state index in [1.54, 1.807) is 4.90 Å². The summed E-state index contributed by atoms with van der Waals surface area (Å²) in [7, 11) is 0. The fraction of sp³-hybridized carbons (Fsp3) is 0.462. The molecular formula is C26H35N3O3. The Bertz CT molecular complexity index is 890. The molecule has 172 valence electrons. The molecule has 1 aliphatic heterocycles. The molecular weight excluding hydrogens is 402 g/mol. The normalized spacial score (nSPS) is 15.7. The van der Waals surface area contributed by atoms with Crippen LogP contribution >= 0.6 is 0 Å². The second-order valence-corrected chi connectivity index (χ2v) is 8.80. The number of carbonyl (C=O) groups excluding carboxylic acids is 2. The quantitative estimate of drug-likeness (QED) is 0.674. The number of ether oxygens (including phenoxy) is 1. The molecule has 0 saturated heterocycles. The van der Waals surface area contributed by atoms with Crippen molar-refractivity contribution in [2.45, 2.75) is 58.8 Å². The fourth-order valence-corrected chi connectivity index (χ4v) is 4.37. The SMILES string of the molecule is CC(C)N(CCNC(=O)C1c2ccccc2CCN1C(=O)OCc1ccccc1)C(C)C. The molecule has 1 heterocycles. The molecule has 3 rings (SSSR count). The Morgan fingerprint density at radius 3 is 2.38 bits per heavy atom. The molecule has 1 aliphatic rings. The zero-order valence-corrected chi connectivity index (χ0v) is 19.6. The van der Waals surface area contributed by atoms with E-state index in [2.05, 4.69) is 37.9 Å². The average Bonchev–Trinajstić information content (AvgIpc) is 2.79. The molecule has 0 radical (unpaired) electrons. The Morgan fingerprint density at radius 2 is 1.69 bits per heavy atom. The summed E-state index contributed by atoms with van der Waals surface area (Å²) in [6.45, 7) is 10.5. The number of nitrogens with one attached hydrogen (secondary N) is 1. The first-order valence-corrected chi connectivity index (χ1v) is 11.5. The molecule has 32 heavy (non-hydrogen) atoms. The molecule has 1 atom stereocenters. The van der Waals surface area contributed by atoms with Crippen LogP contribution in [0.3, 0.4) is 0 Å². The van der Waals surface area contributed by atoms with E-state index < -0.39 is 12.1 Å². The van der Waals surface area contributed by atoms with Crippen molar-refractivity contribution in [3.05, 3.63) is 71.3 Å². The van der Waals surface area contributed by atoms with Gasteiger partial charge < -0.3 is 10.1 Å². The molecule has 0 bridgehead atoms. The van der Waals surface area contributed by atoms with Crippen molar-refractivity contribution in [2.75, 3.05) is 19.6 Å². The van der Waals surface area contributed by atoms with Crippen LogP contribution in [0.25, 0.3) is 0 Å². The van der Waals surface area contributed by atoms with Crippen molar-refractivity contribution < 1.29 is 14.3 Å². The van der Waals surface area contributed by atoms with Gasteiger partial charge in [-0.15, -0.1) is 0 Å². The van der Waals surface area contributed by atoms with Gasteiger partial charge in [0.15, 0.2) is 0 Å². The van der Waals surface area contributed by atoms with Crippen LogP contribution in [0.15, 0.2) is 54.6 Å². The summed E-state index contributed by atoms with van der Waals surface area (Å²) in [5, 5.41) is 3.06. The van der Waals surface area contributed by atoms with Gasteiger partial charge in [-0.05, 0) is 50.8 Å². The zero-order chi connectivity index (χ0) is 23.1. The highest BCUT2D eigenvalue weighted by molar-refractivity contribution is 5.87. The fourth-order valence-electron chi connectivity index (χ4n) is 4.37. The lowest BCUT2D eigenvalue weighted by Gasteiger charge is -2.36. The minimum atomic E-state index is -0.685. The minimum Gasteiger partial charge on any atom is -0.445 e. The van der Waals surface area contributed by atoms with Gasteiger partial charge in [-0.3, -0.25) is 14.6 Å². The van der Waals surface area contributed by atoms with E-state index in [0.717, 1.165) is 23.2 Å². The van der Waals surface area contributed by atoms with Crippen LogP contribution in [-0.2, 0) is 22.6 Å². The average molecular weight is 438 g/mol. The molecule has 0 aromatic heterocycles. The van der Waals surface area contributed by atoms with Gasteiger partial charge in [-0.25, -0.2) is 4.79 Å². The molecule has 2 aromatic rings. The summed E-state index contributed by atoms with van der Waals surface area (Å²) >= 11 is 0. The number of hydrogen-bond acceptors (Lipinski definition) is 4. The lowest BCUT2D eigenvalue weighted by molar-refractivity contribution is -0.126. The summed E-state index contributed by atoms with van der Waals surface area (Å²) in [5.41, 5.74) is 2.89. The number of carbonyl (C=O) groups is 2. The molecule has 2 amide bonds. The van der Waals surface area contributed by atoms with Crippen molar-refractivity contribution in [2.24, 2.45) is 0 Å². The second kappa shape index (κ2) is 11.1. The second-order valence-electron chi connectivity index (χ2n) is 8.80. The summed E-state index contributed by atoms with van der Waals surface area (Å²) < 4.78 is 5.57. The third kappa shape index (κ3) is 5.88. The summed E-state index contributed by atoms with van der Waals surface area (Å²) in [5.74, 6) is -0.165. The standard InChI is InChI=1S/C26H35N3O3/c1-19(2)28(20(3)4)17-15-27-25(30)24-23-13-9-8-12-22(23)14-16-29(24)26(31)32-18-21-10-6-5-7-11-21/h5-13,19-20,24H,14-18H2,1-4H3,(H,27,30). The number of fused-ring (bicyclic) bond motifs is 1. The maximum Gasteiger partial charge on any atom is 0.411 e. The molecule has 1 unspecified atom stereocenters. The third-order valence-corrected chi connectivity index (χ3v) is 5.97. The Hall–Kier alpha value is -2.86. The van der Waals surface area contributed by atoms with Crippen LogP contribution in [0.4, 0.5) is 4.79 Å². The van der Waals surface area contributed by atoms with Crippen LogP contribution in [0.5, 0.6) is 0 Å². The first kappa shape index (κ1) is 23.8. The molecule has 0 saturated carbocycles. The minimum absolute atomic E-state index is 0.165. The van der Waals surface area contributed by atoms with Gasteiger partial charge >= 0.3 is 6.09 Å². The highest BCUT2D eigenvalue weighted by Crippen LogP contribution is 2.30. The maximum absolute atomic E-state index is 13.3. The largest absolute Gasteiger partial charge is 0.445 e. The number of rotatable bonds is 8. The van der Waals surface area contributed by atoms with Gasteiger partial charge in [0, 0.05) is 31.7 Å². The Balaban J connectivity index is 1.71. The molecule has 0 aliphatic carbocycles.